The molecule has 0 aromatic heterocycles. The predicted octanol–water partition coefficient (Wildman–Crippen LogP) is 3.76. The lowest BCUT2D eigenvalue weighted by Crippen LogP contribution is -1.84. The molecule has 0 N–H and O–H groups in total. The molecule has 0 saturated heterocycles. The molecule has 0 amide bonds. The maximum atomic E-state index is 2.29. The van der Waals surface area contributed by atoms with E-state index in [0.717, 1.165) is 6.42 Å². The van der Waals surface area contributed by atoms with Gasteiger partial charge in [-0.25, -0.2) is 0 Å². The monoisotopic (exact) mass is 194 g/mol. The van der Waals surface area contributed by atoms with Gasteiger partial charge >= 0.3 is 0 Å². The van der Waals surface area contributed by atoms with Crippen molar-refractivity contribution in [3.63, 3.8) is 0 Å². The molecule has 3 rings (SSSR count). The Labute approximate surface area is 90.6 Å². The van der Waals surface area contributed by atoms with Gasteiger partial charge in [0.25, 0.3) is 0 Å². The number of benzene rings is 1. The van der Waals surface area contributed by atoms with E-state index in [1.165, 1.54) is 22.3 Å². The van der Waals surface area contributed by atoms with E-state index in [0.29, 0.717) is 5.92 Å². The molecule has 2 aliphatic rings. The second-order valence-electron chi connectivity index (χ2n) is 4.35. The Hall–Kier alpha value is -1.56. The molecule has 0 heteroatoms. The quantitative estimate of drug-likeness (QED) is 0.590. The molecule has 1 atom stereocenters. The Bertz CT molecular complexity index is 487. The van der Waals surface area contributed by atoms with Crippen LogP contribution in [-0.4, -0.2) is 0 Å². The van der Waals surface area contributed by atoms with Gasteiger partial charge in [0.2, 0.25) is 0 Å². The van der Waals surface area contributed by atoms with Crippen molar-refractivity contribution in [2.24, 2.45) is 5.92 Å². The Morgan fingerprint density at radius 1 is 1.07 bits per heavy atom. The molecule has 1 aromatic carbocycles. The fourth-order valence-electron chi connectivity index (χ4n) is 2.34. The molecule has 0 heterocycles. The van der Waals surface area contributed by atoms with E-state index < -0.39 is 0 Å². The number of hydrogen-bond donors (Lipinski definition) is 0. The highest BCUT2D eigenvalue weighted by molar-refractivity contribution is 5.85. The van der Waals surface area contributed by atoms with Crippen LogP contribution in [0.3, 0.4) is 0 Å². The van der Waals surface area contributed by atoms with Gasteiger partial charge in [0.05, 0.1) is 0 Å². The summed E-state index contributed by atoms with van der Waals surface area (Å²) in [6.07, 6.45) is 10.2. The third kappa shape index (κ3) is 1.37. The largest absolute Gasteiger partial charge is 0.0776 e. The van der Waals surface area contributed by atoms with Crippen molar-refractivity contribution < 1.29 is 0 Å². The van der Waals surface area contributed by atoms with Gasteiger partial charge in [-0.1, -0.05) is 55.5 Å². The van der Waals surface area contributed by atoms with E-state index in [1.54, 1.807) is 0 Å². The van der Waals surface area contributed by atoms with Crippen LogP contribution in [0, 0.1) is 5.92 Å². The van der Waals surface area contributed by atoms with Crippen molar-refractivity contribution in [1.29, 1.82) is 0 Å². The lowest BCUT2D eigenvalue weighted by atomic mass is 10.0. The third-order valence-corrected chi connectivity index (χ3v) is 3.20. The van der Waals surface area contributed by atoms with Gasteiger partial charge in [-0.15, -0.1) is 0 Å². The van der Waals surface area contributed by atoms with Crippen LogP contribution in [0.2, 0.25) is 0 Å². The molecular formula is C15H14. The van der Waals surface area contributed by atoms with E-state index in [9.17, 15) is 0 Å². The first-order valence-corrected chi connectivity index (χ1v) is 5.52. The second-order valence-corrected chi connectivity index (χ2v) is 4.35. The van der Waals surface area contributed by atoms with Crippen molar-refractivity contribution in [2.75, 3.05) is 0 Å². The van der Waals surface area contributed by atoms with Crippen molar-refractivity contribution in [2.45, 2.75) is 13.3 Å². The summed E-state index contributed by atoms with van der Waals surface area (Å²) in [5.74, 6) is 0.558. The molecule has 15 heavy (non-hydrogen) atoms. The maximum absolute atomic E-state index is 2.29. The van der Waals surface area contributed by atoms with E-state index in [1.807, 2.05) is 0 Å². The molecule has 0 aliphatic heterocycles. The van der Waals surface area contributed by atoms with Crippen molar-refractivity contribution in [3.8, 4) is 0 Å². The van der Waals surface area contributed by atoms with Crippen molar-refractivity contribution >= 4 is 5.57 Å². The first-order chi connectivity index (χ1) is 7.34. The van der Waals surface area contributed by atoms with Crippen molar-refractivity contribution in [3.05, 3.63) is 65.3 Å². The standard InChI is InChI=1S/C15H14/c1-11-6-8-13-10-12-4-2-3-5-14(12)15(13)9-7-11/h2-9,11H,10H2,1H3/t11-/m1/s1. The van der Waals surface area contributed by atoms with Gasteiger partial charge in [0.15, 0.2) is 0 Å². The second kappa shape index (κ2) is 3.23. The number of allylic oxidation sites excluding steroid dienone is 6. The van der Waals surface area contributed by atoms with Gasteiger partial charge in [0.1, 0.15) is 0 Å². The summed E-state index contributed by atoms with van der Waals surface area (Å²) in [5, 5.41) is 0. The van der Waals surface area contributed by atoms with Crippen LogP contribution in [0.15, 0.2) is 54.1 Å². The first kappa shape index (κ1) is 8.72. The zero-order valence-electron chi connectivity index (χ0n) is 8.90. The maximum Gasteiger partial charge on any atom is -0.00136 e. The Morgan fingerprint density at radius 2 is 1.87 bits per heavy atom. The zero-order chi connectivity index (χ0) is 10.3. The van der Waals surface area contributed by atoms with Crippen LogP contribution in [0.25, 0.3) is 5.57 Å². The molecule has 0 nitrogen and oxygen atoms in total. The molecule has 74 valence electrons. The average Bonchev–Trinajstić information content (AvgIpc) is 2.51. The lowest BCUT2D eigenvalue weighted by molar-refractivity contribution is 0.940. The average molecular weight is 194 g/mol. The third-order valence-electron chi connectivity index (χ3n) is 3.20. The van der Waals surface area contributed by atoms with E-state index >= 15 is 0 Å². The van der Waals surface area contributed by atoms with Crippen LogP contribution in [0.4, 0.5) is 0 Å². The summed E-state index contributed by atoms with van der Waals surface area (Å²) in [5.41, 5.74) is 5.77. The Kier molecular flexibility index (Phi) is 1.88. The first-order valence-electron chi connectivity index (χ1n) is 5.52. The molecule has 0 fully saturated rings. The van der Waals surface area contributed by atoms with Gasteiger partial charge in [-0.05, 0) is 34.6 Å². The molecule has 0 spiro atoms. The van der Waals surface area contributed by atoms with E-state index in [4.69, 9.17) is 0 Å². The fourth-order valence-corrected chi connectivity index (χ4v) is 2.34. The number of hydrogen-bond acceptors (Lipinski definition) is 0. The summed E-state index contributed by atoms with van der Waals surface area (Å²) >= 11 is 0. The van der Waals surface area contributed by atoms with Crippen LogP contribution in [0.1, 0.15) is 18.1 Å². The summed E-state index contributed by atoms with van der Waals surface area (Å²) in [6, 6.07) is 8.71. The van der Waals surface area contributed by atoms with Crippen molar-refractivity contribution in [1.82, 2.24) is 0 Å². The zero-order valence-corrected chi connectivity index (χ0v) is 8.90. The normalized spacial score (nSPS) is 22.6. The van der Waals surface area contributed by atoms with E-state index in [-0.39, 0.29) is 0 Å². The van der Waals surface area contributed by atoms with Gasteiger partial charge in [-0.2, -0.15) is 0 Å². The number of fused-ring (bicyclic) bond motifs is 2. The van der Waals surface area contributed by atoms with E-state index in [2.05, 4.69) is 55.5 Å². The molecule has 1 aromatic rings. The highest BCUT2D eigenvalue weighted by atomic mass is 14.2. The van der Waals surface area contributed by atoms with Gasteiger partial charge in [0, 0.05) is 0 Å². The minimum Gasteiger partial charge on any atom is -0.0776 e. The molecule has 0 radical (unpaired) electrons. The summed E-state index contributed by atoms with van der Waals surface area (Å²) in [6.45, 7) is 2.22. The lowest BCUT2D eigenvalue weighted by Gasteiger charge is -2.00. The molecule has 0 saturated carbocycles. The molecular weight excluding hydrogens is 180 g/mol. The van der Waals surface area contributed by atoms with Crippen LogP contribution >= 0.6 is 0 Å². The van der Waals surface area contributed by atoms with Gasteiger partial charge in [-0.3, -0.25) is 0 Å². The van der Waals surface area contributed by atoms with Crippen LogP contribution in [-0.2, 0) is 6.42 Å². The molecule has 2 aliphatic carbocycles. The van der Waals surface area contributed by atoms with Crippen LogP contribution < -0.4 is 0 Å². The Balaban J connectivity index is 2.14. The predicted molar refractivity (Wildman–Crippen MR) is 64.5 cm³/mol. The highest BCUT2D eigenvalue weighted by Crippen LogP contribution is 2.35. The molecule has 0 unspecified atom stereocenters. The summed E-state index contributed by atoms with van der Waals surface area (Å²) < 4.78 is 0. The smallest absolute Gasteiger partial charge is 0.00136 e. The number of rotatable bonds is 0. The summed E-state index contributed by atoms with van der Waals surface area (Å²) in [4.78, 5) is 0. The summed E-state index contributed by atoms with van der Waals surface area (Å²) in [7, 11) is 0. The van der Waals surface area contributed by atoms with Crippen LogP contribution in [0.5, 0.6) is 0 Å². The minimum atomic E-state index is 0.558. The molecule has 0 bridgehead atoms. The SMILES string of the molecule is C[C@@H]1C=CC2=C(C=C1)c1ccccc1C2. The topological polar surface area (TPSA) is 0 Å². The van der Waals surface area contributed by atoms with Gasteiger partial charge < -0.3 is 0 Å². The highest BCUT2D eigenvalue weighted by Gasteiger charge is 2.18. The fraction of sp³-hybridized carbons (Fsp3) is 0.200. The Morgan fingerprint density at radius 3 is 2.80 bits per heavy atom. The minimum absolute atomic E-state index is 0.558.